The van der Waals surface area contributed by atoms with Gasteiger partial charge in [-0.1, -0.05) is 30.3 Å². The van der Waals surface area contributed by atoms with Crippen molar-refractivity contribution in [2.24, 2.45) is 0 Å². The molecule has 0 saturated carbocycles. The smallest absolute Gasteiger partial charge is 0.417 e. The van der Waals surface area contributed by atoms with Crippen molar-refractivity contribution in [3.8, 4) is 17.0 Å². The molecule has 0 spiro atoms. The van der Waals surface area contributed by atoms with Gasteiger partial charge in [0.15, 0.2) is 11.6 Å². The van der Waals surface area contributed by atoms with Crippen molar-refractivity contribution < 1.29 is 22.7 Å². The van der Waals surface area contributed by atoms with Gasteiger partial charge in [-0.25, -0.2) is 9.97 Å². The van der Waals surface area contributed by atoms with E-state index in [1.165, 1.54) is 24.4 Å². The summed E-state index contributed by atoms with van der Waals surface area (Å²) in [5.74, 6) is 0.965. The summed E-state index contributed by atoms with van der Waals surface area (Å²) in [5, 5.41) is 5.40. The Morgan fingerprint density at radius 2 is 1.79 bits per heavy atom. The molecule has 0 unspecified atom stereocenters. The van der Waals surface area contributed by atoms with E-state index in [1.54, 1.807) is 19.2 Å². The maximum Gasteiger partial charge on any atom is 0.417 e. The number of methoxy groups -OCH3 is 1. The third kappa shape index (κ3) is 4.81. The third-order valence-electron chi connectivity index (χ3n) is 4.10. The van der Waals surface area contributed by atoms with Gasteiger partial charge in [-0.2, -0.15) is 13.2 Å². The minimum atomic E-state index is -4.53. The number of ether oxygens (including phenoxy) is 1. The molecule has 150 valence electrons. The first-order valence-electron chi connectivity index (χ1n) is 8.53. The normalized spacial score (nSPS) is 11.0. The number of aromatic nitrogens is 2. The lowest BCUT2D eigenvalue weighted by Crippen LogP contribution is -2.10. The van der Waals surface area contributed by atoms with Crippen LogP contribution >= 0.6 is 0 Å². The van der Waals surface area contributed by atoms with Crippen LogP contribution in [0.25, 0.3) is 11.3 Å². The predicted molar refractivity (Wildman–Crippen MR) is 102 cm³/mol. The Bertz CT molecular complexity index is 992. The standard InChI is InChI=1S/C20H17F3N4O2/c1-29-14-8-6-13(7-9-14)10-24-19-18(26-12-28)25-11-17(27-19)15-4-2-3-5-16(15)20(21,22)23/h2-9,11-12H,10H2,1H3,(H,24,27)(H,25,26,28). The number of hydrogen-bond donors (Lipinski definition) is 2. The van der Waals surface area contributed by atoms with Crippen molar-refractivity contribution in [3.63, 3.8) is 0 Å². The number of hydrogen-bond acceptors (Lipinski definition) is 5. The van der Waals surface area contributed by atoms with Gasteiger partial charge in [-0.15, -0.1) is 0 Å². The van der Waals surface area contributed by atoms with Crippen LogP contribution in [0.2, 0.25) is 0 Å². The van der Waals surface area contributed by atoms with E-state index in [1.807, 2.05) is 12.1 Å². The Labute approximate surface area is 164 Å². The van der Waals surface area contributed by atoms with Crippen molar-refractivity contribution in [3.05, 3.63) is 65.9 Å². The van der Waals surface area contributed by atoms with E-state index in [0.717, 1.165) is 11.6 Å². The van der Waals surface area contributed by atoms with Gasteiger partial charge in [-0.05, 0) is 23.8 Å². The molecule has 0 bridgehead atoms. The summed E-state index contributed by atoms with van der Waals surface area (Å²) in [4.78, 5) is 19.2. The number of amides is 1. The van der Waals surface area contributed by atoms with E-state index >= 15 is 0 Å². The lowest BCUT2D eigenvalue weighted by molar-refractivity contribution is -0.137. The van der Waals surface area contributed by atoms with Gasteiger partial charge in [0.25, 0.3) is 0 Å². The van der Waals surface area contributed by atoms with Gasteiger partial charge in [0.2, 0.25) is 6.41 Å². The molecule has 9 heteroatoms. The lowest BCUT2D eigenvalue weighted by atomic mass is 10.0. The fraction of sp³-hybridized carbons (Fsp3) is 0.150. The monoisotopic (exact) mass is 402 g/mol. The zero-order chi connectivity index (χ0) is 20.9. The first-order valence-corrected chi connectivity index (χ1v) is 8.53. The van der Waals surface area contributed by atoms with Crippen LogP contribution in [-0.2, 0) is 17.5 Å². The minimum Gasteiger partial charge on any atom is -0.497 e. The number of nitrogens with one attached hydrogen (secondary N) is 2. The Hall–Kier alpha value is -3.62. The van der Waals surface area contributed by atoms with Gasteiger partial charge >= 0.3 is 6.18 Å². The van der Waals surface area contributed by atoms with Gasteiger partial charge in [0.05, 0.1) is 24.6 Å². The molecule has 3 aromatic rings. The lowest BCUT2D eigenvalue weighted by Gasteiger charge is -2.15. The summed E-state index contributed by atoms with van der Waals surface area (Å²) in [7, 11) is 1.56. The molecule has 1 heterocycles. The topological polar surface area (TPSA) is 76.1 Å². The van der Waals surface area contributed by atoms with Crippen LogP contribution in [0.15, 0.2) is 54.7 Å². The van der Waals surface area contributed by atoms with Crippen LogP contribution < -0.4 is 15.4 Å². The average Bonchev–Trinajstić information content (AvgIpc) is 2.73. The quantitative estimate of drug-likeness (QED) is 0.575. The number of alkyl halides is 3. The van der Waals surface area contributed by atoms with Crippen molar-refractivity contribution in [2.45, 2.75) is 12.7 Å². The summed E-state index contributed by atoms with van der Waals surface area (Å²) in [6, 6.07) is 12.3. The molecule has 0 radical (unpaired) electrons. The van der Waals surface area contributed by atoms with Crippen molar-refractivity contribution in [1.29, 1.82) is 0 Å². The van der Waals surface area contributed by atoms with Crippen LogP contribution in [0, 0.1) is 0 Å². The van der Waals surface area contributed by atoms with Crippen molar-refractivity contribution in [2.75, 3.05) is 17.7 Å². The molecule has 0 aliphatic heterocycles. The number of nitrogens with zero attached hydrogens (tertiary/aromatic N) is 2. The van der Waals surface area contributed by atoms with Crippen LogP contribution in [0.4, 0.5) is 24.8 Å². The van der Waals surface area contributed by atoms with Gasteiger partial charge < -0.3 is 15.4 Å². The second-order valence-electron chi connectivity index (χ2n) is 5.96. The fourth-order valence-corrected chi connectivity index (χ4v) is 2.69. The first kappa shape index (κ1) is 20.1. The Morgan fingerprint density at radius 3 is 2.45 bits per heavy atom. The number of benzene rings is 2. The molecule has 1 amide bonds. The molecule has 3 rings (SSSR count). The van der Waals surface area contributed by atoms with E-state index in [2.05, 4.69) is 20.6 Å². The highest BCUT2D eigenvalue weighted by molar-refractivity contribution is 5.77. The van der Waals surface area contributed by atoms with Crippen molar-refractivity contribution in [1.82, 2.24) is 9.97 Å². The van der Waals surface area contributed by atoms with Gasteiger partial charge in [0.1, 0.15) is 5.75 Å². The maximum absolute atomic E-state index is 13.3. The van der Waals surface area contributed by atoms with E-state index < -0.39 is 11.7 Å². The van der Waals surface area contributed by atoms with Crippen LogP contribution in [0.3, 0.4) is 0 Å². The number of anilines is 2. The molecule has 1 aromatic heterocycles. The summed E-state index contributed by atoms with van der Waals surface area (Å²) in [6.07, 6.45) is -2.92. The molecule has 0 atom stereocenters. The Kier molecular flexibility index (Phi) is 5.96. The largest absolute Gasteiger partial charge is 0.497 e. The third-order valence-corrected chi connectivity index (χ3v) is 4.10. The molecule has 0 aliphatic rings. The molecule has 0 aliphatic carbocycles. The van der Waals surface area contributed by atoms with E-state index in [9.17, 15) is 18.0 Å². The maximum atomic E-state index is 13.3. The highest BCUT2D eigenvalue weighted by Gasteiger charge is 2.33. The van der Waals surface area contributed by atoms with E-state index in [4.69, 9.17) is 4.74 Å². The summed E-state index contributed by atoms with van der Waals surface area (Å²) < 4.78 is 45.1. The summed E-state index contributed by atoms with van der Waals surface area (Å²) in [5.41, 5.74) is 0.00139. The van der Waals surface area contributed by atoms with Gasteiger partial charge in [-0.3, -0.25) is 4.79 Å². The predicted octanol–water partition coefficient (Wildman–Crippen LogP) is 4.35. The van der Waals surface area contributed by atoms with E-state index in [-0.39, 0.29) is 22.9 Å². The number of halogens is 3. The molecule has 2 aromatic carbocycles. The van der Waals surface area contributed by atoms with Crippen LogP contribution in [-0.4, -0.2) is 23.5 Å². The Morgan fingerprint density at radius 1 is 1.07 bits per heavy atom. The molecule has 29 heavy (non-hydrogen) atoms. The molecule has 0 fully saturated rings. The van der Waals surface area contributed by atoms with Gasteiger partial charge in [0, 0.05) is 12.1 Å². The number of carbonyl (C=O) groups excluding carboxylic acids is 1. The zero-order valence-corrected chi connectivity index (χ0v) is 15.3. The molecule has 2 N–H and O–H groups in total. The second-order valence-corrected chi connectivity index (χ2v) is 5.96. The van der Waals surface area contributed by atoms with Crippen LogP contribution in [0.1, 0.15) is 11.1 Å². The number of carbonyl (C=O) groups is 1. The molecular formula is C20H17F3N4O2. The molecule has 6 nitrogen and oxygen atoms in total. The summed E-state index contributed by atoms with van der Waals surface area (Å²) in [6.45, 7) is 0.316. The molecular weight excluding hydrogens is 385 g/mol. The van der Waals surface area contributed by atoms with Crippen molar-refractivity contribution >= 4 is 18.0 Å². The summed E-state index contributed by atoms with van der Waals surface area (Å²) >= 11 is 0. The fourth-order valence-electron chi connectivity index (χ4n) is 2.69. The average molecular weight is 402 g/mol. The second kappa shape index (κ2) is 8.59. The highest BCUT2D eigenvalue weighted by Crippen LogP contribution is 2.36. The Balaban J connectivity index is 1.93. The van der Waals surface area contributed by atoms with Crippen LogP contribution in [0.5, 0.6) is 5.75 Å². The van der Waals surface area contributed by atoms with E-state index in [0.29, 0.717) is 18.7 Å². The highest BCUT2D eigenvalue weighted by atomic mass is 19.4. The molecule has 0 saturated heterocycles. The first-order chi connectivity index (χ1) is 13.9. The number of rotatable bonds is 7. The minimum absolute atomic E-state index is 0.0339. The zero-order valence-electron chi connectivity index (χ0n) is 15.3. The SMILES string of the molecule is COc1ccc(CNc2nc(-c3ccccc3C(F)(F)F)cnc2NC=O)cc1.